The molecule has 6 nitrogen and oxygen atoms in total. The molecular weight excluding hydrogens is 190 g/mol. The number of H-pyrrole nitrogens is 1. The number of hydrogen-bond acceptors (Lipinski definition) is 6. The van der Waals surface area contributed by atoms with Crippen LogP contribution < -0.4 is 0 Å². The molecule has 2 rings (SSSR count). The summed E-state index contributed by atoms with van der Waals surface area (Å²) in [4.78, 5) is 3.96. The molecule has 0 amide bonds. The van der Waals surface area contributed by atoms with E-state index in [1.165, 1.54) is 18.1 Å². The van der Waals surface area contributed by atoms with Crippen molar-refractivity contribution in [2.75, 3.05) is 0 Å². The molecule has 0 bridgehead atoms. The number of nitrogens with one attached hydrogen (secondary N) is 1. The number of aryl methyl sites for hydroxylation is 1. The number of thioether (sulfide) groups is 1. The monoisotopic (exact) mass is 197 g/mol. The third-order valence-corrected chi connectivity index (χ3v) is 2.37. The average Bonchev–Trinajstić information content (AvgIpc) is 2.72. The van der Waals surface area contributed by atoms with Crippen molar-refractivity contribution in [3.63, 3.8) is 0 Å². The van der Waals surface area contributed by atoms with E-state index in [0.717, 1.165) is 16.5 Å². The molecule has 0 unspecified atom stereocenters. The lowest BCUT2D eigenvalue weighted by Crippen LogP contribution is -1.85. The Balaban J connectivity index is 1.97. The lowest BCUT2D eigenvalue weighted by Gasteiger charge is -1.91. The molecule has 1 N–H and O–H groups in total. The third kappa shape index (κ3) is 1.86. The zero-order chi connectivity index (χ0) is 9.10. The number of hydrogen-bond donors (Lipinski definition) is 1. The molecule has 0 atom stereocenters. The fraction of sp³-hybridized carbons (Fsp3) is 0.333. The Morgan fingerprint density at radius 1 is 1.54 bits per heavy atom. The second-order valence-electron chi connectivity index (χ2n) is 2.38. The van der Waals surface area contributed by atoms with Crippen LogP contribution in [0.1, 0.15) is 11.4 Å². The van der Waals surface area contributed by atoms with Gasteiger partial charge in [0.25, 0.3) is 0 Å². The molecule has 2 aromatic rings. The Labute approximate surface area is 78.1 Å². The third-order valence-electron chi connectivity index (χ3n) is 1.48. The maximum Gasteiger partial charge on any atom is 0.183 e. The van der Waals surface area contributed by atoms with Crippen molar-refractivity contribution in [3.05, 3.63) is 17.7 Å². The number of rotatable bonds is 3. The van der Waals surface area contributed by atoms with Crippen LogP contribution in [0.15, 0.2) is 16.1 Å². The van der Waals surface area contributed by atoms with Gasteiger partial charge in [-0.2, -0.15) is 5.10 Å². The van der Waals surface area contributed by atoms with Gasteiger partial charge in [0.2, 0.25) is 0 Å². The molecule has 0 aromatic carbocycles. The molecule has 0 fully saturated rings. The minimum absolute atomic E-state index is 0.685. The highest BCUT2D eigenvalue weighted by molar-refractivity contribution is 7.98. The van der Waals surface area contributed by atoms with E-state index in [4.69, 9.17) is 0 Å². The Bertz CT molecular complexity index is 370. The molecule has 0 aliphatic rings. The Morgan fingerprint density at radius 2 is 2.46 bits per heavy atom. The van der Waals surface area contributed by atoms with Gasteiger partial charge < -0.3 is 0 Å². The highest BCUT2D eigenvalue weighted by atomic mass is 32.2. The lowest BCUT2D eigenvalue weighted by atomic mass is 10.4. The zero-order valence-corrected chi connectivity index (χ0v) is 7.71. The number of aromatic amines is 1. The van der Waals surface area contributed by atoms with Gasteiger partial charge in [-0.3, -0.25) is 5.10 Å². The van der Waals surface area contributed by atoms with Crippen molar-refractivity contribution < 1.29 is 4.63 Å². The summed E-state index contributed by atoms with van der Waals surface area (Å²) in [5.41, 5.74) is 1.65. The van der Waals surface area contributed by atoms with E-state index in [2.05, 4.69) is 30.1 Å². The van der Waals surface area contributed by atoms with Crippen LogP contribution in [-0.4, -0.2) is 25.5 Å². The first kappa shape index (κ1) is 8.24. The Kier molecular flexibility index (Phi) is 2.26. The molecule has 2 heterocycles. The van der Waals surface area contributed by atoms with Crippen molar-refractivity contribution in [3.8, 4) is 0 Å². The topological polar surface area (TPSA) is 80.5 Å². The minimum Gasteiger partial charge on any atom is -0.254 e. The van der Waals surface area contributed by atoms with Crippen LogP contribution in [0.25, 0.3) is 0 Å². The first-order valence-electron chi connectivity index (χ1n) is 3.62. The van der Waals surface area contributed by atoms with Crippen LogP contribution in [0.4, 0.5) is 0 Å². The van der Waals surface area contributed by atoms with E-state index in [9.17, 15) is 0 Å². The van der Waals surface area contributed by atoms with Crippen molar-refractivity contribution in [2.24, 2.45) is 0 Å². The van der Waals surface area contributed by atoms with Crippen LogP contribution >= 0.6 is 11.8 Å². The van der Waals surface area contributed by atoms with Crippen molar-refractivity contribution in [1.29, 1.82) is 0 Å². The van der Waals surface area contributed by atoms with Crippen LogP contribution in [0.2, 0.25) is 0 Å². The first-order valence-corrected chi connectivity index (χ1v) is 4.61. The summed E-state index contributed by atoms with van der Waals surface area (Å²) in [6.45, 7) is 1.85. The average molecular weight is 197 g/mol. The van der Waals surface area contributed by atoms with E-state index in [1.807, 2.05) is 6.92 Å². The van der Waals surface area contributed by atoms with Crippen LogP contribution in [-0.2, 0) is 5.75 Å². The second-order valence-corrected chi connectivity index (χ2v) is 3.34. The van der Waals surface area contributed by atoms with Gasteiger partial charge >= 0.3 is 0 Å². The summed E-state index contributed by atoms with van der Waals surface area (Å²) in [7, 11) is 0. The van der Waals surface area contributed by atoms with E-state index in [1.54, 1.807) is 0 Å². The van der Waals surface area contributed by atoms with E-state index < -0.39 is 0 Å². The van der Waals surface area contributed by atoms with Crippen molar-refractivity contribution >= 4 is 11.8 Å². The smallest absolute Gasteiger partial charge is 0.183 e. The van der Waals surface area contributed by atoms with Gasteiger partial charge in [0.15, 0.2) is 5.16 Å². The van der Waals surface area contributed by atoms with E-state index in [-0.39, 0.29) is 0 Å². The highest BCUT2D eigenvalue weighted by Gasteiger charge is 2.06. The summed E-state index contributed by atoms with van der Waals surface area (Å²) in [5.74, 6) is 0.685. The number of aromatic nitrogens is 5. The predicted octanol–water partition coefficient (Wildman–Crippen LogP) is 0.788. The van der Waals surface area contributed by atoms with Crippen molar-refractivity contribution in [2.45, 2.75) is 17.8 Å². The van der Waals surface area contributed by atoms with Gasteiger partial charge in [-0.05, 0) is 6.92 Å². The van der Waals surface area contributed by atoms with Crippen molar-refractivity contribution in [1.82, 2.24) is 25.5 Å². The summed E-state index contributed by atoms with van der Waals surface area (Å²) >= 11 is 1.51. The molecular formula is C6H7N5OS. The summed E-state index contributed by atoms with van der Waals surface area (Å²) in [6.07, 6.45) is 1.47. The molecule has 0 saturated carbocycles. The predicted molar refractivity (Wildman–Crippen MR) is 45.0 cm³/mol. The Morgan fingerprint density at radius 3 is 3.08 bits per heavy atom. The van der Waals surface area contributed by atoms with Crippen LogP contribution in [0.5, 0.6) is 0 Å². The molecule has 7 heteroatoms. The van der Waals surface area contributed by atoms with Crippen LogP contribution in [0.3, 0.4) is 0 Å². The molecule has 2 aromatic heterocycles. The SMILES string of the molecule is Cc1nonc1CSc1ncn[nH]1. The molecule has 0 radical (unpaired) electrons. The standard InChI is InChI=1S/C6H7N5OS/c1-4-5(11-12-10-4)2-13-6-7-3-8-9-6/h3H,2H2,1H3,(H,7,8,9). The largest absolute Gasteiger partial charge is 0.254 e. The molecule has 0 spiro atoms. The minimum atomic E-state index is 0.685. The maximum atomic E-state index is 4.56. The van der Waals surface area contributed by atoms with Gasteiger partial charge in [0.1, 0.15) is 17.7 Å². The quantitative estimate of drug-likeness (QED) is 0.732. The fourth-order valence-electron chi connectivity index (χ4n) is 0.781. The van der Waals surface area contributed by atoms with E-state index in [0.29, 0.717) is 5.75 Å². The molecule has 0 aliphatic carbocycles. The molecule has 0 aliphatic heterocycles. The normalized spacial score (nSPS) is 10.5. The number of nitrogens with zero attached hydrogens (tertiary/aromatic N) is 4. The van der Waals surface area contributed by atoms with Gasteiger partial charge in [0, 0.05) is 5.75 Å². The lowest BCUT2D eigenvalue weighted by molar-refractivity contribution is 0.302. The second kappa shape index (κ2) is 3.56. The van der Waals surface area contributed by atoms with Gasteiger partial charge in [-0.15, -0.1) is 0 Å². The molecule has 68 valence electrons. The summed E-state index contributed by atoms with van der Waals surface area (Å²) in [6, 6.07) is 0. The van der Waals surface area contributed by atoms with Gasteiger partial charge in [0.05, 0.1) is 0 Å². The Hall–Kier alpha value is -1.37. The van der Waals surface area contributed by atoms with Gasteiger partial charge in [-0.25, -0.2) is 9.61 Å². The summed E-state index contributed by atoms with van der Waals surface area (Å²) < 4.78 is 4.56. The highest BCUT2D eigenvalue weighted by Crippen LogP contribution is 2.17. The first-order chi connectivity index (χ1) is 6.36. The van der Waals surface area contributed by atoms with Gasteiger partial charge in [-0.1, -0.05) is 22.1 Å². The van der Waals surface area contributed by atoms with Crippen LogP contribution in [0, 0.1) is 6.92 Å². The van der Waals surface area contributed by atoms with E-state index >= 15 is 0 Å². The maximum absolute atomic E-state index is 4.56. The molecule has 13 heavy (non-hydrogen) atoms. The summed E-state index contributed by atoms with van der Waals surface area (Å²) in [5, 5.41) is 14.7. The fourth-order valence-corrected chi connectivity index (χ4v) is 1.55. The molecule has 0 saturated heterocycles. The zero-order valence-electron chi connectivity index (χ0n) is 6.89.